The van der Waals surface area contributed by atoms with Crippen LogP contribution in [-0.2, 0) is 6.54 Å². The molecule has 0 aliphatic carbocycles. The first-order chi connectivity index (χ1) is 11.7. The van der Waals surface area contributed by atoms with Gasteiger partial charge in [0.25, 0.3) is 0 Å². The van der Waals surface area contributed by atoms with Crippen molar-refractivity contribution in [1.29, 1.82) is 0 Å². The Morgan fingerprint density at radius 2 is 1.75 bits per heavy atom. The molecule has 0 atom stereocenters. The zero-order chi connectivity index (χ0) is 16.8. The van der Waals surface area contributed by atoms with Gasteiger partial charge in [-0.3, -0.25) is 0 Å². The molecule has 0 saturated carbocycles. The fourth-order valence-corrected chi connectivity index (χ4v) is 2.12. The average Bonchev–Trinajstić information content (AvgIpc) is 2.61. The number of hydrogen-bond acceptors (Lipinski definition) is 6. The van der Waals surface area contributed by atoms with Gasteiger partial charge >= 0.3 is 0 Å². The van der Waals surface area contributed by atoms with E-state index >= 15 is 0 Å². The van der Waals surface area contributed by atoms with Crippen LogP contribution >= 0.6 is 0 Å². The van der Waals surface area contributed by atoms with Gasteiger partial charge < -0.3 is 14.8 Å². The number of anilines is 1. The molecule has 0 spiro atoms. The summed E-state index contributed by atoms with van der Waals surface area (Å²) in [5.74, 6) is 2.82. The third kappa shape index (κ3) is 4.19. The van der Waals surface area contributed by atoms with Gasteiger partial charge in [-0.05, 0) is 42.8 Å². The first kappa shape index (κ1) is 15.7. The van der Waals surface area contributed by atoms with E-state index in [2.05, 4.69) is 20.3 Å². The molecular formula is C18H18N4O2. The van der Waals surface area contributed by atoms with Crippen LogP contribution in [0.1, 0.15) is 11.3 Å². The number of nitrogens with one attached hydrogen (secondary N) is 1. The van der Waals surface area contributed by atoms with Crippen molar-refractivity contribution in [1.82, 2.24) is 15.0 Å². The largest absolute Gasteiger partial charge is 0.497 e. The highest BCUT2D eigenvalue weighted by molar-refractivity contribution is 5.37. The number of methoxy groups -OCH3 is 1. The third-order valence-corrected chi connectivity index (χ3v) is 3.36. The van der Waals surface area contributed by atoms with Gasteiger partial charge in [0.05, 0.1) is 7.11 Å². The van der Waals surface area contributed by atoms with Gasteiger partial charge in [0.15, 0.2) is 0 Å². The Balaban J connectivity index is 1.65. The van der Waals surface area contributed by atoms with E-state index in [4.69, 9.17) is 9.47 Å². The van der Waals surface area contributed by atoms with Gasteiger partial charge in [0.2, 0.25) is 5.88 Å². The third-order valence-electron chi connectivity index (χ3n) is 3.36. The molecular weight excluding hydrogens is 304 g/mol. The molecule has 0 saturated heterocycles. The molecule has 2 aromatic heterocycles. The van der Waals surface area contributed by atoms with Crippen LogP contribution in [0.2, 0.25) is 0 Å². The second-order valence-electron chi connectivity index (χ2n) is 5.18. The van der Waals surface area contributed by atoms with E-state index in [0.29, 0.717) is 18.2 Å². The highest BCUT2D eigenvalue weighted by Gasteiger charge is 2.02. The van der Waals surface area contributed by atoms with Crippen molar-refractivity contribution >= 4 is 5.82 Å². The molecule has 2 heterocycles. The summed E-state index contributed by atoms with van der Waals surface area (Å²) in [5.41, 5.74) is 1.97. The molecule has 0 radical (unpaired) electrons. The number of aryl methyl sites for hydroxylation is 1. The molecule has 1 aromatic carbocycles. The molecule has 122 valence electrons. The van der Waals surface area contributed by atoms with Crippen molar-refractivity contribution in [2.24, 2.45) is 0 Å². The first-order valence-electron chi connectivity index (χ1n) is 7.52. The Bertz CT molecular complexity index is 806. The normalized spacial score (nSPS) is 10.2. The Morgan fingerprint density at radius 3 is 2.50 bits per heavy atom. The minimum Gasteiger partial charge on any atom is -0.497 e. The number of ether oxygens (including phenoxy) is 2. The highest BCUT2D eigenvalue weighted by atomic mass is 16.5. The number of aromatic nitrogens is 3. The Morgan fingerprint density at radius 1 is 0.958 bits per heavy atom. The zero-order valence-electron chi connectivity index (χ0n) is 13.6. The summed E-state index contributed by atoms with van der Waals surface area (Å²) in [6.45, 7) is 2.55. The van der Waals surface area contributed by atoms with Gasteiger partial charge in [-0.2, -0.15) is 0 Å². The Labute approximate surface area is 140 Å². The average molecular weight is 322 g/mol. The summed E-state index contributed by atoms with van der Waals surface area (Å²) in [5, 5.41) is 3.26. The van der Waals surface area contributed by atoms with Gasteiger partial charge in [-0.15, -0.1) is 0 Å². The van der Waals surface area contributed by atoms with Crippen molar-refractivity contribution in [3.63, 3.8) is 0 Å². The number of pyridine rings is 1. The maximum absolute atomic E-state index is 5.77. The van der Waals surface area contributed by atoms with Crippen LogP contribution in [0.15, 0.2) is 55.0 Å². The maximum atomic E-state index is 5.77. The van der Waals surface area contributed by atoms with E-state index < -0.39 is 0 Å². The van der Waals surface area contributed by atoms with Crippen molar-refractivity contribution in [2.45, 2.75) is 13.5 Å². The van der Waals surface area contributed by atoms with E-state index in [-0.39, 0.29) is 0 Å². The standard InChI is InChI=1S/C18H18N4O2/c1-13-9-17(22-12-21-13)20-11-14-7-8-19-18(10-14)24-16-5-3-15(23-2)4-6-16/h3-10,12H,11H2,1-2H3,(H,20,21,22). The molecule has 24 heavy (non-hydrogen) atoms. The summed E-state index contributed by atoms with van der Waals surface area (Å²) < 4.78 is 10.9. The lowest BCUT2D eigenvalue weighted by molar-refractivity contribution is 0.412. The number of rotatable bonds is 6. The lowest BCUT2D eigenvalue weighted by atomic mass is 10.2. The van der Waals surface area contributed by atoms with Crippen LogP contribution in [0.3, 0.4) is 0 Å². The van der Waals surface area contributed by atoms with Crippen molar-refractivity contribution in [3.05, 3.63) is 66.2 Å². The van der Waals surface area contributed by atoms with E-state index in [0.717, 1.165) is 22.8 Å². The quantitative estimate of drug-likeness (QED) is 0.748. The topological polar surface area (TPSA) is 69.2 Å². The smallest absolute Gasteiger partial charge is 0.219 e. The number of nitrogens with zero attached hydrogens (tertiary/aromatic N) is 3. The van der Waals surface area contributed by atoms with Crippen LogP contribution in [0, 0.1) is 6.92 Å². The van der Waals surface area contributed by atoms with Gasteiger partial charge in [0, 0.05) is 30.6 Å². The highest BCUT2D eigenvalue weighted by Crippen LogP contribution is 2.23. The monoisotopic (exact) mass is 322 g/mol. The van der Waals surface area contributed by atoms with E-state index in [9.17, 15) is 0 Å². The predicted molar refractivity (Wildman–Crippen MR) is 91.4 cm³/mol. The number of hydrogen-bond donors (Lipinski definition) is 1. The lowest BCUT2D eigenvalue weighted by Crippen LogP contribution is -2.02. The number of benzene rings is 1. The van der Waals surface area contributed by atoms with Crippen molar-refractivity contribution < 1.29 is 9.47 Å². The molecule has 3 rings (SSSR count). The fourth-order valence-electron chi connectivity index (χ4n) is 2.12. The Hall–Kier alpha value is -3.15. The first-order valence-corrected chi connectivity index (χ1v) is 7.52. The van der Waals surface area contributed by atoms with E-state index in [1.807, 2.05) is 49.4 Å². The lowest BCUT2D eigenvalue weighted by Gasteiger charge is -2.09. The molecule has 0 aliphatic heterocycles. The summed E-state index contributed by atoms with van der Waals surface area (Å²) in [6, 6.07) is 13.1. The predicted octanol–water partition coefficient (Wildman–Crippen LogP) is 3.59. The molecule has 6 heteroatoms. The fraction of sp³-hybridized carbons (Fsp3) is 0.167. The minimum absolute atomic E-state index is 0.540. The molecule has 0 fully saturated rings. The second-order valence-corrected chi connectivity index (χ2v) is 5.18. The van der Waals surface area contributed by atoms with Crippen LogP contribution < -0.4 is 14.8 Å². The summed E-state index contributed by atoms with van der Waals surface area (Å²) in [6.07, 6.45) is 3.27. The van der Waals surface area contributed by atoms with Crippen LogP contribution in [0.25, 0.3) is 0 Å². The molecule has 0 aliphatic rings. The summed E-state index contributed by atoms with van der Waals surface area (Å²) in [4.78, 5) is 12.5. The molecule has 0 unspecified atom stereocenters. The molecule has 0 amide bonds. The second kappa shape index (κ2) is 7.41. The summed E-state index contributed by atoms with van der Waals surface area (Å²) in [7, 11) is 1.63. The van der Waals surface area contributed by atoms with Gasteiger partial charge in [0.1, 0.15) is 23.6 Å². The van der Waals surface area contributed by atoms with Gasteiger partial charge in [-0.25, -0.2) is 15.0 Å². The SMILES string of the molecule is COc1ccc(Oc2cc(CNc3cc(C)ncn3)ccn2)cc1. The van der Waals surface area contributed by atoms with Crippen LogP contribution in [-0.4, -0.2) is 22.1 Å². The van der Waals surface area contributed by atoms with Crippen LogP contribution in [0.4, 0.5) is 5.82 Å². The van der Waals surface area contributed by atoms with E-state index in [1.54, 1.807) is 19.6 Å². The minimum atomic E-state index is 0.540. The summed E-state index contributed by atoms with van der Waals surface area (Å²) >= 11 is 0. The van der Waals surface area contributed by atoms with Crippen molar-refractivity contribution in [3.8, 4) is 17.4 Å². The van der Waals surface area contributed by atoms with Crippen LogP contribution in [0.5, 0.6) is 17.4 Å². The maximum Gasteiger partial charge on any atom is 0.219 e. The van der Waals surface area contributed by atoms with E-state index in [1.165, 1.54) is 0 Å². The molecule has 0 bridgehead atoms. The van der Waals surface area contributed by atoms with Crippen molar-refractivity contribution in [2.75, 3.05) is 12.4 Å². The molecule has 3 aromatic rings. The zero-order valence-corrected chi connectivity index (χ0v) is 13.6. The Kier molecular flexibility index (Phi) is 4.86. The molecule has 6 nitrogen and oxygen atoms in total. The molecule has 1 N–H and O–H groups in total. The van der Waals surface area contributed by atoms with Gasteiger partial charge in [-0.1, -0.05) is 0 Å².